The van der Waals surface area contributed by atoms with Crippen LogP contribution in [0, 0.1) is 0 Å². The van der Waals surface area contributed by atoms with Gasteiger partial charge in [-0.3, -0.25) is 10.3 Å². The van der Waals surface area contributed by atoms with Gasteiger partial charge in [0.25, 0.3) is 0 Å². The van der Waals surface area contributed by atoms with Crippen molar-refractivity contribution in [1.82, 2.24) is 9.88 Å². The summed E-state index contributed by atoms with van der Waals surface area (Å²) in [6.07, 6.45) is 5.41. The van der Waals surface area contributed by atoms with Gasteiger partial charge < -0.3 is 18.9 Å². The first-order valence-electron chi connectivity index (χ1n) is 13.0. The topological polar surface area (TPSA) is 77.4 Å². The van der Waals surface area contributed by atoms with Crippen molar-refractivity contribution in [2.24, 2.45) is 5.10 Å². The minimum atomic E-state index is 0.227. The molecule has 3 aliphatic heterocycles. The Bertz CT molecular complexity index is 1520. The Morgan fingerprint density at radius 1 is 1.15 bits per heavy atom. The third-order valence-electron chi connectivity index (χ3n) is 7.60. The van der Waals surface area contributed by atoms with Crippen molar-refractivity contribution in [1.29, 1.82) is 0 Å². The smallest absolute Gasteiger partial charge is 0.231 e. The maximum atomic E-state index is 6.48. The Morgan fingerprint density at radius 3 is 2.85 bits per heavy atom. The van der Waals surface area contributed by atoms with E-state index in [1.54, 1.807) is 13.3 Å². The first-order valence-corrected chi connectivity index (χ1v) is 13.9. The van der Waals surface area contributed by atoms with Crippen LogP contribution in [0.1, 0.15) is 39.4 Å². The molecule has 0 saturated heterocycles. The van der Waals surface area contributed by atoms with Gasteiger partial charge in [0.05, 0.1) is 13.3 Å². The van der Waals surface area contributed by atoms with Gasteiger partial charge in [-0.25, -0.2) is 4.98 Å². The van der Waals surface area contributed by atoms with Crippen molar-refractivity contribution < 1.29 is 18.9 Å². The number of ether oxygens (including phenoxy) is 4. The van der Waals surface area contributed by atoms with E-state index in [1.165, 1.54) is 28.0 Å². The quantitative estimate of drug-likeness (QED) is 0.243. The number of benzene rings is 3. The molecule has 8 nitrogen and oxygen atoms in total. The highest BCUT2D eigenvalue weighted by molar-refractivity contribution is 7.13. The maximum Gasteiger partial charge on any atom is 0.231 e. The van der Waals surface area contributed by atoms with Crippen LogP contribution in [0.3, 0.4) is 0 Å². The molecule has 0 spiro atoms. The number of hydrogen-bond acceptors (Lipinski definition) is 9. The van der Waals surface area contributed by atoms with Crippen molar-refractivity contribution in [3.05, 3.63) is 93.5 Å². The number of aromatic nitrogens is 1. The lowest BCUT2D eigenvalue weighted by Crippen LogP contribution is -2.40. The highest BCUT2D eigenvalue weighted by Crippen LogP contribution is 2.47. The molecular weight excluding hydrogens is 512 g/mol. The van der Waals surface area contributed by atoms with E-state index in [4.69, 9.17) is 18.9 Å². The normalized spacial score (nSPS) is 17.4. The summed E-state index contributed by atoms with van der Waals surface area (Å²) in [5.74, 6) is 3.19. The minimum Gasteiger partial charge on any atom is -0.493 e. The van der Waals surface area contributed by atoms with E-state index in [9.17, 15) is 0 Å². The summed E-state index contributed by atoms with van der Waals surface area (Å²) >= 11 is 1.51. The Labute approximate surface area is 230 Å². The van der Waals surface area contributed by atoms with E-state index in [-0.39, 0.29) is 12.8 Å². The molecule has 9 heteroatoms. The zero-order valence-electron chi connectivity index (χ0n) is 21.6. The largest absolute Gasteiger partial charge is 0.493 e. The zero-order chi connectivity index (χ0) is 26.2. The fourth-order valence-electron chi connectivity index (χ4n) is 5.72. The highest BCUT2D eigenvalue weighted by Gasteiger charge is 2.37. The Hall–Kier alpha value is -4.08. The van der Waals surface area contributed by atoms with E-state index >= 15 is 0 Å². The SMILES string of the molecule is COc1cc(/C=N/Nc2nccs2)c2c(c1OCc1ccccc1)CN1CCc3cc4c(cc3C1C2)OCO4. The van der Waals surface area contributed by atoms with Gasteiger partial charge in [0.1, 0.15) is 6.61 Å². The van der Waals surface area contributed by atoms with Crippen LogP contribution in [0.25, 0.3) is 0 Å². The molecular formula is C30H28N4O4S. The fraction of sp³-hybridized carbons (Fsp3) is 0.267. The van der Waals surface area contributed by atoms with Gasteiger partial charge >= 0.3 is 0 Å². The first kappa shape index (κ1) is 24.0. The molecule has 1 atom stereocenters. The van der Waals surface area contributed by atoms with Crippen LogP contribution in [0.4, 0.5) is 5.13 Å². The molecule has 4 aromatic rings. The molecule has 39 heavy (non-hydrogen) atoms. The van der Waals surface area contributed by atoms with Crippen molar-refractivity contribution >= 4 is 22.7 Å². The second-order valence-electron chi connectivity index (χ2n) is 9.78. The van der Waals surface area contributed by atoms with Gasteiger partial charge in [-0.1, -0.05) is 30.3 Å². The van der Waals surface area contributed by atoms with Gasteiger partial charge in [0.15, 0.2) is 23.0 Å². The standard InChI is InChI=1S/C30H28N4O4S/c1-35-28-12-21(15-32-33-30-31-8-10-39-30)22-13-25-23-14-27-26(37-18-38-27)11-20(23)7-9-34(25)16-24(22)29(28)36-17-19-5-3-2-4-6-19/h2-6,8,10-12,14-15,25H,7,9,13,16-18H2,1H3,(H,31,33)/b32-15+. The molecule has 0 fully saturated rings. The predicted octanol–water partition coefficient (Wildman–Crippen LogP) is 5.56. The Morgan fingerprint density at radius 2 is 2.03 bits per heavy atom. The Kier molecular flexibility index (Phi) is 6.30. The lowest BCUT2D eigenvalue weighted by Gasteiger charge is -2.42. The number of rotatable bonds is 7. The van der Waals surface area contributed by atoms with Gasteiger partial charge in [-0.05, 0) is 53.3 Å². The lowest BCUT2D eigenvalue weighted by atomic mass is 9.82. The number of hydrazone groups is 1. The molecule has 3 aliphatic rings. The number of fused-ring (bicyclic) bond motifs is 5. The molecule has 7 rings (SSSR count). The number of hydrogen-bond donors (Lipinski definition) is 1. The van der Waals surface area contributed by atoms with Gasteiger partial charge in [-0.15, -0.1) is 11.3 Å². The van der Waals surface area contributed by atoms with Crippen LogP contribution in [-0.2, 0) is 26.0 Å². The van der Waals surface area contributed by atoms with E-state index in [1.807, 2.05) is 35.9 Å². The number of anilines is 1. The molecule has 4 heterocycles. The van der Waals surface area contributed by atoms with Gasteiger partial charge in [0.2, 0.25) is 11.9 Å². The van der Waals surface area contributed by atoms with Gasteiger partial charge in [0, 0.05) is 41.8 Å². The molecule has 0 saturated carbocycles. The summed E-state index contributed by atoms with van der Waals surface area (Å²) in [5.41, 5.74) is 10.2. The summed E-state index contributed by atoms with van der Waals surface area (Å²) in [5, 5.41) is 7.18. The number of thiazole rings is 1. The monoisotopic (exact) mass is 540 g/mol. The van der Waals surface area contributed by atoms with Crippen LogP contribution >= 0.6 is 11.3 Å². The molecule has 1 unspecified atom stereocenters. The number of methoxy groups -OCH3 is 1. The predicted molar refractivity (Wildman–Crippen MR) is 150 cm³/mol. The third-order valence-corrected chi connectivity index (χ3v) is 8.28. The average molecular weight is 541 g/mol. The van der Waals surface area contributed by atoms with E-state index < -0.39 is 0 Å². The number of nitrogens with zero attached hydrogens (tertiary/aromatic N) is 3. The summed E-state index contributed by atoms with van der Waals surface area (Å²) < 4.78 is 23.8. The van der Waals surface area contributed by atoms with Crippen molar-refractivity contribution in [3.63, 3.8) is 0 Å². The van der Waals surface area contributed by atoms with Crippen LogP contribution in [0.5, 0.6) is 23.0 Å². The molecule has 3 aromatic carbocycles. The Balaban J connectivity index is 1.28. The summed E-state index contributed by atoms with van der Waals surface area (Å²) in [6, 6.07) is 16.8. The molecule has 198 valence electrons. The van der Waals surface area contributed by atoms with Crippen LogP contribution < -0.4 is 24.4 Å². The van der Waals surface area contributed by atoms with E-state index in [0.717, 1.165) is 65.0 Å². The van der Waals surface area contributed by atoms with Gasteiger partial charge in [-0.2, -0.15) is 5.10 Å². The zero-order valence-corrected chi connectivity index (χ0v) is 22.4. The highest BCUT2D eigenvalue weighted by atomic mass is 32.1. The second-order valence-corrected chi connectivity index (χ2v) is 10.7. The molecule has 0 aliphatic carbocycles. The summed E-state index contributed by atoms with van der Waals surface area (Å²) in [6.45, 7) is 2.47. The van der Waals surface area contributed by atoms with E-state index in [2.05, 4.69) is 44.7 Å². The first-order chi connectivity index (χ1) is 19.3. The molecule has 0 amide bonds. The van der Waals surface area contributed by atoms with Crippen molar-refractivity contribution in [2.75, 3.05) is 25.9 Å². The lowest BCUT2D eigenvalue weighted by molar-refractivity contribution is 0.155. The molecule has 0 bridgehead atoms. The number of nitrogens with one attached hydrogen (secondary N) is 1. The molecule has 1 N–H and O–H groups in total. The van der Waals surface area contributed by atoms with Crippen LogP contribution in [0.15, 0.2) is 65.2 Å². The van der Waals surface area contributed by atoms with Crippen LogP contribution in [-0.4, -0.2) is 36.5 Å². The van der Waals surface area contributed by atoms with Crippen molar-refractivity contribution in [2.45, 2.75) is 32.0 Å². The van der Waals surface area contributed by atoms with Crippen molar-refractivity contribution in [3.8, 4) is 23.0 Å². The third kappa shape index (κ3) is 4.57. The minimum absolute atomic E-state index is 0.227. The molecule has 0 radical (unpaired) electrons. The average Bonchev–Trinajstić information content (AvgIpc) is 3.67. The molecule has 1 aromatic heterocycles. The maximum absolute atomic E-state index is 6.48. The summed E-state index contributed by atoms with van der Waals surface area (Å²) in [4.78, 5) is 6.80. The fourth-order valence-corrected chi connectivity index (χ4v) is 6.20. The summed E-state index contributed by atoms with van der Waals surface area (Å²) in [7, 11) is 1.69. The second kappa shape index (κ2) is 10.2. The van der Waals surface area contributed by atoms with Crippen LogP contribution in [0.2, 0.25) is 0 Å². The van der Waals surface area contributed by atoms with E-state index in [0.29, 0.717) is 12.4 Å².